The van der Waals surface area contributed by atoms with Crippen molar-refractivity contribution in [2.24, 2.45) is 0 Å². The summed E-state index contributed by atoms with van der Waals surface area (Å²) in [6.45, 7) is 2.87. The van der Waals surface area contributed by atoms with E-state index in [1.165, 1.54) is 12.1 Å². The molecule has 1 fully saturated rings. The number of amides is 2. The number of morpholine rings is 1. The molecule has 5 nitrogen and oxygen atoms in total. The lowest BCUT2D eigenvalue weighted by atomic mass is 9.90. The topological polar surface area (TPSA) is 58.6 Å². The highest BCUT2D eigenvalue weighted by Crippen LogP contribution is 2.26. The van der Waals surface area contributed by atoms with Crippen LogP contribution in [0.1, 0.15) is 18.9 Å². The van der Waals surface area contributed by atoms with Gasteiger partial charge in [0.1, 0.15) is 5.82 Å². The molecule has 6 heteroatoms. The maximum Gasteiger partial charge on any atom is 0.254 e. The van der Waals surface area contributed by atoms with E-state index in [-0.39, 0.29) is 24.2 Å². The Labute approximate surface area is 164 Å². The Kier molecular flexibility index (Phi) is 6.09. The molecule has 2 aromatic carbocycles. The molecule has 0 saturated carbocycles. The molecule has 28 heavy (non-hydrogen) atoms. The summed E-state index contributed by atoms with van der Waals surface area (Å²) in [5, 5.41) is 2.68. The van der Waals surface area contributed by atoms with Gasteiger partial charge in [0.2, 0.25) is 5.91 Å². The molecule has 2 aromatic rings. The molecule has 148 valence electrons. The van der Waals surface area contributed by atoms with Crippen molar-refractivity contribution < 1.29 is 18.7 Å². The number of halogens is 1. The summed E-state index contributed by atoms with van der Waals surface area (Å²) in [6, 6.07) is 14.1. The van der Waals surface area contributed by atoms with Gasteiger partial charge in [-0.15, -0.1) is 0 Å². The summed E-state index contributed by atoms with van der Waals surface area (Å²) >= 11 is 0. The molecule has 1 aliphatic heterocycles. The fourth-order valence-corrected chi connectivity index (χ4v) is 3.56. The van der Waals surface area contributed by atoms with E-state index < -0.39 is 5.60 Å². The number of nitrogens with zero attached hydrogens (tertiary/aromatic N) is 1. The van der Waals surface area contributed by atoms with Crippen LogP contribution in [0, 0.1) is 5.82 Å². The maximum absolute atomic E-state index is 13.1. The van der Waals surface area contributed by atoms with Crippen LogP contribution in [0.4, 0.5) is 4.39 Å². The van der Waals surface area contributed by atoms with E-state index in [1.807, 2.05) is 31.2 Å². The van der Waals surface area contributed by atoms with Crippen molar-refractivity contribution in [2.75, 3.05) is 26.7 Å². The van der Waals surface area contributed by atoms with Gasteiger partial charge in [0, 0.05) is 26.4 Å². The third kappa shape index (κ3) is 4.22. The molecule has 1 N–H and O–H groups in total. The van der Waals surface area contributed by atoms with E-state index in [0.717, 1.165) is 16.7 Å². The lowest BCUT2D eigenvalue weighted by molar-refractivity contribution is -0.165. The molecule has 0 spiro atoms. The molecule has 0 bridgehead atoms. The number of carbonyl (C=O) groups is 2. The van der Waals surface area contributed by atoms with Crippen molar-refractivity contribution in [3.63, 3.8) is 0 Å². The minimum atomic E-state index is -1.10. The van der Waals surface area contributed by atoms with Crippen LogP contribution in [-0.4, -0.2) is 49.1 Å². The molecule has 3 rings (SSSR count). The summed E-state index contributed by atoms with van der Waals surface area (Å²) in [5.41, 5.74) is 1.71. The molecule has 2 amide bonds. The number of ether oxygens (including phenoxy) is 1. The second-order valence-electron chi connectivity index (χ2n) is 6.97. The van der Waals surface area contributed by atoms with E-state index >= 15 is 0 Å². The summed E-state index contributed by atoms with van der Waals surface area (Å²) in [7, 11) is 1.58. The average Bonchev–Trinajstić information content (AvgIpc) is 2.74. The van der Waals surface area contributed by atoms with Crippen molar-refractivity contribution in [1.82, 2.24) is 10.2 Å². The van der Waals surface area contributed by atoms with Crippen LogP contribution < -0.4 is 5.32 Å². The molecular weight excluding hydrogens is 359 g/mol. The first-order chi connectivity index (χ1) is 13.5. The minimum Gasteiger partial charge on any atom is -0.361 e. The highest BCUT2D eigenvalue weighted by molar-refractivity contribution is 5.87. The number of carbonyl (C=O) groups excluding carboxylic acids is 2. The van der Waals surface area contributed by atoms with Gasteiger partial charge in [0.15, 0.2) is 5.60 Å². The number of rotatable bonds is 5. The summed E-state index contributed by atoms with van der Waals surface area (Å²) in [6.07, 6.45) is 0.764. The van der Waals surface area contributed by atoms with Crippen molar-refractivity contribution in [2.45, 2.75) is 25.4 Å². The van der Waals surface area contributed by atoms with Crippen LogP contribution in [0.15, 0.2) is 48.5 Å². The van der Waals surface area contributed by atoms with Crippen LogP contribution in [0.25, 0.3) is 11.1 Å². The largest absolute Gasteiger partial charge is 0.361 e. The van der Waals surface area contributed by atoms with Gasteiger partial charge >= 0.3 is 0 Å². The quantitative estimate of drug-likeness (QED) is 0.862. The molecule has 0 aromatic heterocycles. The summed E-state index contributed by atoms with van der Waals surface area (Å²) < 4.78 is 19.0. The number of hydrogen-bond donors (Lipinski definition) is 1. The SMILES string of the molecule is CCC(=O)N1CCOC(Cc2ccc(-c3ccc(F)cc3)cc2)(C(=O)NC)C1. The number of nitrogens with one attached hydrogen (secondary N) is 1. The second-order valence-corrected chi connectivity index (χ2v) is 6.97. The average molecular weight is 384 g/mol. The highest BCUT2D eigenvalue weighted by atomic mass is 19.1. The number of benzene rings is 2. The third-order valence-corrected chi connectivity index (χ3v) is 5.10. The predicted molar refractivity (Wildman–Crippen MR) is 105 cm³/mol. The fourth-order valence-electron chi connectivity index (χ4n) is 3.56. The van der Waals surface area contributed by atoms with E-state index in [2.05, 4.69) is 5.32 Å². The Morgan fingerprint density at radius 3 is 2.29 bits per heavy atom. The summed E-state index contributed by atoms with van der Waals surface area (Å²) in [4.78, 5) is 26.5. The Morgan fingerprint density at radius 1 is 1.11 bits per heavy atom. The molecule has 0 radical (unpaired) electrons. The first-order valence-electron chi connectivity index (χ1n) is 9.46. The zero-order valence-electron chi connectivity index (χ0n) is 16.2. The zero-order valence-corrected chi connectivity index (χ0v) is 16.2. The standard InChI is InChI=1S/C22H25FN2O3/c1-3-20(26)25-12-13-28-22(15-25,21(27)24-2)14-16-4-6-17(7-5-16)18-8-10-19(23)11-9-18/h4-11H,3,12-15H2,1-2H3,(H,24,27). The van der Waals surface area contributed by atoms with Crippen LogP contribution >= 0.6 is 0 Å². The van der Waals surface area contributed by atoms with Crippen molar-refractivity contribution >= 4 is 11.8 Å². The van der Waals surface area contributed by atoms with E-state index in [1.54, 1.807) is 24.1 Å². The van der Waals surface area contributed by atoms with Crippen molar-refractivity contribution in [1.29, 1.82) is 0 Å². The maximum atomic E-state index is 13.1. The lowest BCUT2D eigenvalue weighted by Gasteiger charge is -2.41. The lowest BCUT2D eigenvalue weighted by Crippen LogP contribution is -2.61. The van der Waals surface area contributed by atoms with Gasteiger partial charge in [0.25, 0.3) is 5.91 Å². The predicted octanol–water partition coefficient (Wildman–Crippen LogP) is 2.79. The van der Waals surface area contributed by atoms with Gasteiger partial charge in [-0.3, -0.25) is 9.59 Å². The molecule has 1 aliphatic rings. The molecule has 1 heterocycles. The molecule has 1 saturated heterocycles. The third-order valence-electron chi connectivity index (χ3n) is 5.10. The van der Waals surface area contributed by atoms with Gasteiger partial charge in [-0.1, -0.05) is 43.3 Å². The first kappa shape index (κ1) is 20.0. The van der Waals surface area contributed by atoms with Gasteiger partial charge in [0.05, 0.1) is 13.2 Å². The molecule has 1 unspecified atom stereocenters. The van der Waals surface area contributed by atoms with E-state index in [9.17, 15) is 14.0 Å². The van der Waals surface area contributed by atoms with E-state index in [0.29, 0.717) is 26.0 Å². The zero-order chi connectivity index (χ0) is 20.1. The Hall–Kier alpha value is -2.73. The Bertz CT molecular complexity index is 836. The fraction of sp³-hybridized carbons (Fsp3) is 0.364. The van der Waals surface area contributed by atoms with Gasteiger partial charge in [-0.25, -0.2) is 4.39 Å². The second kappa shape index (κ2) is 8.52. The van der Waals surface area contributed by atoms with Gasteiger partial charge < -0.3 is 15.0 Å². The number of likely N-dealkylation sites (N-methyl/N-ethyl adjacent to an activating group) is 1. The van der Waals surface area contributed by atoms with Crippen molar-refractivity contribution in [3.8, 4) is 11.1 Å². The highest BCUT2D eigenvalue weighted by Gasteiger charge is 2.44. The van der Waals surface area contributed by atoms with Crippen LogP contribution in [0.5, 0.6) is 0 Å². The number of hydrogen-bond acceptors (Lipinski definition) is 3. The smallest absolute Gasteiger partial charge is 0.254 e. The Morgan fingerprint density at radius 2 is 1.71 bits per heavy atom. The molecular formula is C22H25FN2O3. The first-order valence-corrected chi connectivity index (χ1v) is 9.46. The molecule has 0 aliphatic carbocycles. The van der Waals surface area contributed by atoms with Gasteiger partial charge in [-0.2, -0.15) is 0 Å². The molecule has 1 atom stereocenters. The Balaban J connectivity index is 1.82. The monoisotopic (exact) mass is 384 g/mol. The van der Waals surface area contributed by atoms with Crippen LogP contribution in [0.2, 0.25) is 0 Å². The minimum absolute atomic E-state index is 0.0169. The van der Waals surface area contributed by atoms with Gasteiger partial charge in [-0.05, 0) is 28.8 Å². The van der Waals surface area contributed by atoms with Crippen molar-refractivity contribution in [3.05, 3.63) is 59.9 Å². The normalized spacial score (nSPS) is 19.3. The summed E-state index contributed by atoms with van der Waals surface area (Å²) in [5.74, 6) is -0.486. The van der Waals surface area contributed by atoms with E-state index in [4.69, 9.17) is 4.74 Å². The van der Waals surface area contributed by atoms with Crippen LogP contribution in [-0.2, 0) is 20.7 Å². The van der Waals surface area contributed by atoms with Crippen LogP contribution in [0.3, 0.4) is 0 Å².